The number of amides is 2. The topological polar surface area (TPSA) is 84.2 Å². The molecule has 0 saturated carbocycles. The molecule has 2 aromatic carbocycles. The number of anilines is 2. The molecule has 4 N–H and O–H groups in total. The van der Waals surface area contributed by atoms with Crippen LogP contribution < -0.4 is 16.4 Å². The number of benzene rings is 2. The van der Waals surface area contributed by atoms with Crippen molar-refractivity contribution in [1.29, 1.82) is 0 Å². The standard InChI is InChI=1S/C19H23N3O2/c1-12(2)15-5-4-6-17(11-15)21-13(3)19(24)22-16-9-7-14(8-10-16)18(20)23/h4-13,21H,1-3H3,(H2,20,23)(H,22,24)/t13-/m0/s1. The van der Waals surface area contributed by atoms with Gasteiger partial charge in [-0.05, 0) is 54.8 Å². The highest BCUT2D eigenvalue weighted by Gasteiger charge is 2.13. The normalized spacial score (nSPS) is 11.8. The summed E-state index contributed by atoms with van der Waals surface area (Å²) < 4.78 is 0. The molecule has 5 nitrogen and oxygen atoms in total. The van der Waals surface area contributed by atoms with Crippen molar-refractivity contribution in [2.75, 3.05) is 10.6 Å². The lowest BCUT2D eigenvalue weighted by atomic mass is 10.0. The second-order valence-corrected chi connectivity index (χ2v) is 6.08. The quantitative estimate of drug-likeness (QED) is 0.761. The summed E-state index contributed by atoms with van der Waals surface area (Å²) in [5.74, 6) is -0.218. The third-order valence-corrected chi connectivity index (χ3v) is 3.77. The van der Waals surface area contributed by atoms with Crippen LogP contribution in [0, 0.1) is 0 Å². The van der Waals surface area contributed by atoms with E-state index in [9.17, 15) is 9.59 Å². The van der Waals surface area contributed by atoms with E-state index in [-0.39, 0.29) is 5.91 Å². The first-order valence-electron chi connectivity index (χ1n) is 7.94. The number of primary amides is 1. The van der Waals surface area contributed by atoms with Gasteiger partial charge in [-0.2, -0.15) is 0 Å². The molecule has 1 atom stereocenters. The number of carbonyl (C=O) groups excluding carboxylic acids is 2. The third kappa shape index (κ3) is 4.59. The Bertz CT molecular complexity index is 724. The molecule has 0 bridgehead atoms. The summed E-state index contributed by atoms with van der Waals surface area (Å²) >= 11 is 0. The van der Waals surface area contributed by atoms with Crippen molar-refractivity contribution in [1.82, 2.24) is 0 Å². The van der Waals surface area contributed by atoms with Gasteiger partial charge in [0, 0.05) is 16.9 Å². The lowest BCUT2D eigenvalue weighted by Gasteiger charge is -2.16. The number of nitrogens with one attached hydrogen (secondary N) is 2. The zero-order valence-electron chi connectivity index (χ0n) is 14.2. The largest absolute Gasteiger partial charge is 0.374 e. The molecule has 0 aromatic heterocycles. The molecule has 2 aromatic rings. The molecule has 0 saturated heterocycles. The van der Waals surface area contributed by atoms with Crippen LogP contribution in [0.5, 0.6) is 0 Å². The van der Waals surface area contributed by atoms with E-state index in [1.807, 2.05) is 12.1 Å². The molecule has 5 heteroatoms. The lowest BCUT2D eigenvalue weighted by Crippen LogP contribution is -2.31. The minimum Gasteiger partial charge on any atom is -0.374 e. The zero-order valence-corrected chi connectivity index (χ0v) is 14.2. The van der Waals surface area contributed by atoms with Crippen molar-refractivity contribution in [3.05, 3.63) is 59.7 Å². The van der Waals surface area contributed by atoms with Crippen LogP contribution in [0.2, 0.25) is 0 Å². The average molecular weight is 325 g/mol. The highest BCUT2D eigenvalue weighted by molar-refractivity contribution is 5.97. The fraction of sp³-hybridized carbons (Fsp3) is 0.263. The maximum atomic E-state index is 12.3. The summed E-state index contributed by atoms with van der Waals surface area (Å²) in [6.07, 6.45) is 0. The van der Waals surface area contributed by atoms with E-state index in [2.05, 4.69) is 36.6 Å². The van der Waals surface area contributed by atoms with Crippen LogP contribution in [0.15, 0.2) is 48.5 Å². The van der Waals surface area contributed by atoms with Crippen LogP contribution in [-0.2, 0) is 4.79 Å². The summed E-state index contributed by atoms with van der Waals surface area (Å²) in [4.78, 5) is 23.3. The highest BCUT2D eigenvalue weighted by atomic mass is 16.2. The van der Waals surface area contributed by atoms with E-state index < -0.39 is 11.9 Å². The van der Waals surface area contributed by atoms with Gasteiger partial charge in [0.15, 0.2) is 0 Å². The van der Waals surface area contributed by atoms with Crippen LogP contribution in [-0.4, -0.2) is 17.9 Å². The van der Waals surface area contributed by atoms with Gasteiger partial charge in [-0.15, -0.1) is 0 Å². The number of carbonyl (C=O) groups is 2. The van der Waals surface area contributed by atoms with Gasteiger partial charge in [0.1, 0.15) is 6.04 Å². The molecule has 0 unspecified atom stereocenters. The zero-order chi connectivity index (χ0) is 17.7. The summed E-state index contributed by atoms with van der Waals surface area (Å²) in [6.45, 7) is 6.06. The minimum atomic E-state index is -0.493. The van der Waals surface area contributed by atoms with Gasteiger partial charge in [0.2, 0.25) is 11.8 Å². The van der Waals surface area contributed by atoms with Gasteiger partial charge in [0.05, 0.1) is 0 Å². The van der Waals surface area contributed by atoms with Gasteiger partial charge in [-0.1, -0.05) is 26.0 Å². The molecular weight excluding hydrogens is 302 g/mol. The van der Waals surface area contributed by atoms with Crippen molar-refractivity contribution in [2.45, 2.75) is 32.7 Å². The smallest absolute Gasteiger partial charge is 0.248 e. The average Bonchev–Trinajstić information content (AvgIpc) is 2.55. The van der Waals surface area contributed by atoms with Crippen molar-refractivity contribution in [3.63, 3.8) is 0 Å². The van der Waals surface area contributed by atoms with Crippen LogP contribution in [0.4, 0.5) is 11.4 Å². The van der Waals surface area contributed by atoms with E-state index in [0.29, 0.717) is 17.2 Å². The van der Waals surface area contributed by atoms with Gasteiger partial charge in [0.25, 0.3) is 0 Å². The molecule has 24 heavy (non-hydrogen) atoms. The predicted molar refractivity (Wildman–Crippen MR) is 97.2 cm³/mol. The highest BCUT2D eigenvalue weighted by Crippen LogP contribution is 2.19. The maximum Gasteiger partial charge on any atom is 0.248 e. The fourth-order valence-electron chi connectivity index (χ4n) is 2.27. The lowest BCUT2D eigenvalue weighted by molar-refractivity contribution is -0.116. The van der Waals surface area contributed by atoms with E-state index in [1.165, 1.54) is 5.56 Å². The first kappa shape index (κ1) is 17.5. The first-order chi connectivity index (χ1) is 11.4. The van der Waals surface area contributed by atoms with E-state index >= 15 is 0 Å². The number of hydrogen-bond acceptors (Lipinski definition) is 3. The van der Waals surface area contributed by atoms with Crippen LogP contribution >= 0.6 is 0 Å². The summed E-state index contributed by atoms with van der Waals surface area (Å²) in [7, 11) is 0. The molecule has 0 radical (unpaired) electrons. The molecule has 2 rings (SSSR count). The second kappa shape index (κ2) is 7.64. The Morgan fingerprint density at radius 3 is 2.21 bits per heavy atom. The summed E-state index contributed by atoms with van der Waals surface area (Å²) in [5, 5.41) is 6.01. The Kier molecular flexibility index (Phi) is 5.58. The van der Waals surface area contributed by atoms with Gasteiger partial charge >= 0.3 is 0 Å². The Balaban J connectivity index is 1.99. The van der Waals surface area contributed by atoms with Gasteiger partial charge in [-0.3, -0.25) is 9.59 Å². The van der Waals surface area contributed by atoms with E-state index in [1.54, 1.807) is 31.2 Å². The van der Waals surface area contributed by atoms with Gasteiger partial charge in [-0.25, -0.2) is 0 Å². The van der Waals surface area contributed by atoms with Crippen LogP contribution in [0.3, 0.4) is 0 Å². The van der Waals surface area contributed by atoms with Gasteiger partial charge < -0.3 is 16.4 Å². The Hall–Kier alpha value is -2.82. The Morgan fingerprint density at radius 1 is 0.958 bits per heavy atom. The van der Waals surface area contributed by atoms with Crippen LogP contribution in [0.1, 0.15) is 42.6 Å². The van der Waals surface area contributed by atoms with Crippen molar-refractivity contribution in [3.8, 4) is 0 Å². The molecule has 0 spiro atoms. The summed E-state index contributed by atoms with van der Waals surface area (Å²) in [5.41, 5.74) is 8.35. The summed E-state index contributed by atoms with van der Waals surface area (Å²) in [6, 6.07) is 14.1. The Morgan fingerprint density at radius 2 is 1.62 bits per heavy atom. The molecule has 0 heterocycles. The number of hydrogen-bond donors (Lipinski definition) is 3. The molecule has 0 aliphatic rings. The molecule has 126 valence electrons. The second-order valence-electron chi connectivity index (χ2n) is 6.08. The monoisotopic (exact) mass is 325 g/mol. The number of rotatable bonds is 6. The first-order valence-corrected chi connectivity index (χ1v) is 7.94. The molecule has 0 aliphatic carbocycles. The van der Waals surface area contributed by atoms with Crippen LogP contribution in [0.25, 0.3) is 0 Å². The maximum absolute atomic E-state index is 12.3. The predicted octanol–water partition coefficient (Wildman–Crippen LogP) is 3.35. The third-order valence-electron chi connectivity index (χ3n) is 3.77. The van der Waals surface area contributed by atoms with Crippen molar-refractivity contribution >= 4 is 23.2 Å². The van der Waals surface area contributed by atoms with E-state index in [0.717, 1.165) is 5.69 Å². The van der Waals surface area contributed by atoms with Crippen molar-refractivity contribution < 1.29 is 9.59 Å². The molecule has 0 aliphatic heterocycles. The Labute approximate surface area is 142 Å². The SMILES string of the molecule is CC(C)c1cccc(N[C@@H](C)C(=O)Nc2ccc(C(N)=O)cc2)c1. The van der Waals surface area contributed by atoms with Crippen molar-refractivity contribution in [2.24, 2.45) is 5.73 Å². The minimum absolute atomic E-state index is 0.156. The molecule has 0 fully saturated rings. The molecular formula is C19H23N3O2. The number of nitrogens with two attached hydrogens (primary N) is 1. The molecule has 2 amide bonds. The van der Waals surface area contributed by atoms with E-state index in [4.69, 9.17) is 5.73 Å². The fourth-order valence-corrected chi connectivity index (χ4v) is 2.27.